The van der Waals surface area contributed by atoms with Gasteiger partial charge in [-0.05, 0) is 36.6 Å². The monoisotopic (exact) mass is 308 g/mol. The minimum absolute atomic E-state index is 0.753. The minimum Gasteiger partial charge on any atom is -0.487 e. The lowest BCUT2D eigenvalue weighted by molar-refractivity contribution is -0.912. The Kier molecular flexibility index (Phi) is 6.13. The van der Waals surface area contributed by atoms with Gasteiger partial charge < -0.3 is 9.64 Å². The second-order valence-corrected chi connectivity index (χ2v) is 6.88. The first kappa shape index (κ1) is 16.4. The van der Waals surface area contributed by atoms with Gasteiger partial charge in [0.2, 0.25) is 0 Å². The van der Waals surface area contributed by atoms with Crippen molar-refractivity contribution < 1.29 is 9.64 Å². The van der Waals surface area contributed by atoms with E-state index in [0.717, 1.165) is 47.7 Å². The van der Waals surface area contributed by atoms with Crippen LogP contribution in [0.5, 0.6) is 5.75 Å². The number of halogens is 1. The predicted octanol–water partition coefficient (Wildman–Crippen LogP) is 3.01. The molecule has 2 rings (SSSR count). The molecule has 0 radical (unpaired) electrons. The third kappa shape index (κ3) is 5.05. The van der Waals surface area contributed by atoms with Crippen LogP contribution in [0.3, 0.4) is 0 Å². The largest absolute Gasteiger partial charge is 0.487 e. The van der Waals surface area contributed by atoms with Gasteiger partial charge in [0.1, 0.15) is 18.9 Å². The Morgan fingerprint density at radius 2 is 2.05 bits per heavy atom. The molecule has 0 aromatic heterocycles. The van der Waals surface area contributed by atoms with Crippen molar-refractivity contribution in [1.29, 1.82) is 0 Å². The summed E-state index contributed by atoms with van der Waals surface area (Å²) >= 11 is 6.05. The summed E-state index contributed by atoms with van der Waals surface area (Å²) in [5.74, 6) is 2.60. The summed E-state index contributed by atoms with van der Waals surface area (Å²) < 4.78 is 5.99. The van der Waals surface area contributed by atoms with Crippen LogP contribution in [-0.4, -0.2) is 26.2 Å². The van der Waals surface area contributed by atoms with Crippen LogP contribution in [0.15, 0.2) is 30.9 Å². The highest BCUT2D eigenvalue weighted by Gasteiger charge is 2.24. The molecular weight excluding hydrogens is 282 g/mol. The Bertz CT molecular complexity index is 464. The van der Waals surface area contributed by atoms with Crippen molar-refractivity contribution in [3.63, 3.8) is 0 Å². The van der Waals surface area contributed by atoms with Crippen molar-refractivity contribution in [2.75, 3.05) is 26.2 Å². The lowest BCUT2D eigenvalue weighted by Crippen LogP contribution is -3.14. The molecule has 0 amide bonds. The Morgan fingerprint density at radius 1 is 1.33 bits per heavy atom. The van der Waals surface area contributed by atoms with Crippen molar-refractivity contribution >= 4 is 11.6 Å². The van der Waals surface area contributed by atoms with Crippen LogP contribution in [0.4, 0.5) is 0 Å². The maximum Gasteiger partial charge on any atom is 0.137 e. The lowest BCUT2D eigenvalue weighted by atomic mass is 9.92. The van der Waals surface area contributed by atoms with Gasteiger partial charge >= 0.3 is 0 Å². The molecular formula is C18H27ClNO+. The van der Waals surface area contributed by atoms with Gasteiger partial charge in [-0.2, -0.15) is 0 Å². The molecule has 1 N–H and O–H groups in total. The lowest BCUT2D eigenvalue weighted by Gasteiger charge is -2.31. The minimum atomic E-state index is 0.753. The van der Waals surface area contributed by atoms with Crippen LogP contribution in [0.25, 0.3) is 0 Å². The Morgan fingerprint density at radius 3 is 2.71 bits per heavy atom. The fourth-order valence-electron chi connectivity index (χ4n) is 3.44. The van der Waals surface area contributed by atoms with Gasteiger partial charge in [-0.25, -0.2) is 0 Å². The van der Waals surface area contributed by atoms with E-state index in [0.29, 0.717) is 0 Å². The van der Waals surface area contributed by atoms with Crippen LogP contribution in [0, 0.1) is 11.8 Å². The molecule has 2 nitrogen and oxygen atoms in total. The first-order valence-electron chi connectivity index (χ1n) is 7.94. The summed E-state index contributed by atoms with van der Waals surface area (Å²) in [5.41, 5.74) is 1.12. The van der Waals surface area contributed by atoms with Gasteiger partial charge in [0.25, 0.3) is 0 Å². The molecule has 0 bridgehead atoms. The van der Waals surface area contributed by atoms with Crippen LogP contribution in [-0.2, 0) is 6.42 Å². The van der Waals surface area contributed by atoms with E-state index in [1.807, 2.05) is 24.3 Å². The third-order valence-corrected chi connectivity index (χ3v) is 4.41. The third-order valence-electron chi connectivity index (χ3n) is 4.18. The molecule has 2 atom stereocenters. The number of piperidine rings is 1. The van der Waals surface area contributed by atoms with E-state index in [1.165, 1.54) is 19.5 Å². The number of hydrogen-bond donors (Lipinski definition) is 1. The quantitative estimate of drug-likeness (QED) is 0.798. The molecule has 1 saturated heterocycles. The number of quaternary nitrogens is 1. The molecule has 1 fully saturated rings. The highest BCUT2D eigenvalue weighted by Crippen LogP contribution is 2.23. The second kappa shape index (κ2) is 7.86. The predicted molar refractivity (Wildman–Crippen MR) is 89.4 cm³/mol. The zero-order valence-corrected chi connectivity index (χ0v) is 14.0. The number of benzene rings is 1. The molecule has 1 aromatic carbocycles. The number of ether oxygens (including phenoxy) is 1. The number of hydrogen-bond acceptors (Lipinski definition) is 1. The van der Waals surface area contributed by atoms with E-state index < -0.39 is 0 Å². The molecule has 1 heterocycles. The number of allylic oxidation sites excluding steroid dienone is 1. The topological polar surface area (TPSA) is 13.7 Å². The van der Waals surface area contributed by atoms with Crippen molar-refractivity contribution in [3.05, 3.63) is 41.4 Å². The summed E-state index contributed by atoms with van der Waals surface area (Å²) in [7, 11) is 0. The molecule has 0 unspecified atom stereocenters. The molecule has 0 saturated carbocycles. The maximum absolute atomic E-state index is 6.05. The average molecular weight is 309 g/mol. The van der Waals surface area contributed by atoms with E-state index in [9.17, 15) is 0 Å². The Labute approximate surface area is 133 Å². The number of rotatable bonds is 6. The van der Waals surface area contributed by atoms with Crippen molar-refractivity contribution in [2.24, 2.45) is 11.8 Å². The first-order chi connectivity index (χ1) is 10.1. The van der Waals surface area contributed by atoms with Gasteiger partial charge in [0.05, 0.1) is 13.1 Å². The number of nitrogens with one attached hydrogen (secondary N) is 1. The first-order valence-corrected chi connectivity index (χ1v) is 8.32. The van der Waals surface area contributed by atoms with Crippen molar-refractivity contribution in [2.45, 2.75) is 26.7 Å². The molecule has 0 aliphatic carbocycles. The fourth-order valence-corrected chi connectivity index (χ4v) is 3.63. The van der Waals surface area contributed by atoms with Crippen molar-refractivity contribution in [3.8, 4) is 5.75 Å². The van der Waals surface area contributed by atoms with Gasteiger partial charge in [0, 0.05) is 16.9 Å². The molecule has 1 aromatic rings. The smallest absolute Gasteiger partial charge is 0.137 e. The second-order valence-electron chi connectivity index (χ2n) is 6.45. The summed E-state index contributed by atoms with van der Waals surface area (Å²) in [5, 5.41) is 0.753. The highest BCUT2D eigenvalue weighted by molar-refractivity contribution is 6.30. The van der Waals surface area contributed by atoms with E-state index in [-0.39, 0.29) is 0 Å². The van der Waals surface area contributed by atoms with E-state index >= 15 is 0 Å². The summed E-state index contributed by atoms with van der Waals surface area (Å²) in [6.45, 7) is 12.9. The van der Waals surface area contributed by atoms with Crippen LogP contribution >= 0.6 is 11.6 Å². The zero-order chi connectivity index (χ0) is 15.2. The fraction of sp³-hybridized carbons (Fsp3) is 0.556. The Balaban J connectivity index is 1.87. The molecule has 21 heavy (non-hydrogen) atoms. The average Bonchev–Trinajstić information content (AvgIpc) is 2.40. The van der Waals surface area contributed by atoms with Gasteiger partial charge in [0.15, 0.2) is 0 Å². The molecule has 1 aliphatic heterocycles. The molecule has 1 aliphatic rings. The molecule has 116 valence electrons. The number of likely N-dealkylation sites (tertiary alicyclic amines) is 1. The normalized spacial score (nSPS) is 25.6. The van der Waals surface area contributed by atoms with Crippen LogP contribution in [0.1, 0.15) is 25.8 Å². The van der Waals surface area contributed by atoms with Crippen LogP contribution < -0.4 is 9.64 Å². The summed E-state index contributed by atoms with van der Waals surface area (Å²) in [4.78, 5) is 1.67. The SMILES string of the molecule is C=CCc1cc(Cl)ccc1OCC[NH+]1C[C@H](C)C[C@@H](C)C1. The Hall–Kier alpha value is -0.990. The van der Waals surface area contributed by atoms with E-state index in [2.05, 4.69) is 20.4 Å². The van der Waals surface area contributed by atoms with Gasteiger partial charge in [-0.15, -0.1) is 6.58 Å². The highest BCUT2D eigenvalue weighted by atomic mass is 35.5. The maximum atomic E-state index is 6.05. The van der Waals surface area contributed by atoms with E-state index in [4.69, 9.17) is 16.3 Å². The summed E-state index contributed by atoms with van der Waals surface area (Å²) in [6.07, 6.45) is 4.04. The standard InChI is InChI=1S/C18H26ClNO/c1-4-5-16-11-17(19)6-7-18(16)21-9-8-20-12-14(2)10-15(3)13-20/h4,6-7,11,14-15H,1,5,8-10,12-13H2,2-3H3/p+1/t14-,15-/m1/s1. The van der Waals surface area contributed by atoms with Crippen LogP contribution in [0.2, 0.25) is 5.02 Å². The van der Waals surface area contributed by atoms with Crippen molar-refractivity contribution in [1.82, 2.24) is 0 Å². The van der Waals surface area contributed by atoms with Gasteiger partial charge in [-0.1, -0.05) is 31.5 Å². The summed E-state index contributed by atoms with van der Waals surface area (Å²) in [6, 6.07) is 5.83. The zero-order valence-electron chi connectivity index (χ0n) is 13.2. The molecule has 3 heteroatoms. The van der Waals surface area contributed by atoms with Gasteiger partial charge in [-0.3, -0.25) is 0 Å². The van der Waals surface area contributed by atoms with E-state index in [1.54, 1.807) is 4.90 Å². The molecule has 0 spiro atoms.